The first-order valence-electron chi connectivity index (χ1n) is 7.38. The molecule has 0 heterocycles. The largest absolute Gasteiger partial charge is 0.312 e. The van der Waals surface area contributed by atoms with E-state index in [9.17, 15) is 0 Å². The molecule has 18 heavy (non-hydrogen) atoms. The molecule has 1 N–H and O–H groups in total. The molecule has 1 fully saturated rings. The predicted molar refractivity (Wildman–Crippen MR) is 80.4 cm³/mol. The molecular formula is C17H31N. The average Bonchev–Trinajstić information content (AvgIpc) is 2.22. The summed E-state index contributed by atoms with van der Waals surface area (Å²) in [7, 11) is 0. The van der Waals surface area contributed by atoms with Crippen molar-refractivity contribution in [2.45, 2.75) is 72.8 Å². The predicted octanol–water partition coefficient (Wildman–Crippen LogP) is 4.23. The molecule has 0 spiro atoms. The van der Waals surface area contributed by atoms with Gasteiger partial charge in [0, 0.05) is 12.0 Å². The van der Waals surface area contributed by atoms with Gasteiger partial charge < -0.3 is 5.32 Å². The molecule has 0 aromatic heterocycles. The van der Waals surface area contributed by atoms with Crippen molar-refractivity contribution in [3.05, 3.63) is 0 Å². The molecule has 0 saturated heterocycles. The summed E-state index contributed by atoms with van der Waals surface area (Å²) in [4.78, 5) is 0. The summed E-state index contributed by atoms with van der Waals surface area (Å²) in [6, 6.07) is 0. The highest BCUT2D eigenvalue weighted by atomic mass is 14.9. The smallest absolute Gasteiger partial charge is 0.0120 e. The van der Waals surface area contributed by atoms with E-state index in [-0.39, 0.29) is 5.54 Å². The van der Waals surface area contributed by atoms with Gasteiger partial charge in [-0.25, -0.2) is 0 Å². The van der Waals surface area contributed by atoms with Crippen molar-refractivity contribution in [1.82, 2.24) is 5.32 Å². The Morgan fingerprint density at radius 3 is 2.44 bits per heavy atom. The molecule has 2 atom stereocenters. The molecule has 0 bridgehead atoms. The minimum atomic E-state index is 0.230. The van der Waals surface area contributed by atoms with E-state index >= 15 is 0 Å². The first-order valence-corrected chi connectivity index (χ1v) is 7.38. The summed E-state index contributed by atoms with van der Waals surface area (Å²) in [6.45, 7) is 14.7. The lowest BCUT2D eigenvalue weighted by molar-refractivity contribution is 0.114. The van der Waals surface area contributed by atoms with Crippen LogP contribution in [0.3, 0.4) is 0 Å². The van der Waals surface area contributed by atoms with Gasteiger partial charge in [-0.1, -0.05) is 13.8 Å². The van der Waals surface area contributed by atoms with Crippen LogP contribution < -0.4 is 5.32 Å². The van der Waals surface area contributed by atoms with Crippen LogP contribution >= 0.6 is 0 Å². The molecule has 1 nitrogen and oxygen atoms in total. The van der Waals surface area contributed by atoms with Crippen LogP contribution in [0.4, 0.5) is 0 Å². The van der Waals surface area contributed by atoms with E-state index in [0.29, 0.717) is 5.41 Å². The summed E-state index contributed by atoms with van der Waals surface area (Å²) in [6.07, 6.45) is 5.13. The number of rotatable bonds is 3. The SMILES string of the molecule is CC#CCC1CC(C)(C)CCC1CNC(C)(C)C. The zero-order valence-electron chi connectivity index (χ0n) is 13.2. The van der Waals surface area contributed by atoms with Crippen molar-refractivity contribution in [1.29, 1.82) is 0 Å². The molecule has 0 radical (unpaired) electrons. The fourth-order valence-corrected chi connectivity index (χ4v) is 2.97. The van der Waals surface area contributed by atoms with Crippen LogP contribution in [-0.2, 0) is 0 Å². The normalized spacial score (nSPS) is 27.4. The van der Waals surface area contributed by atoms with Crippen LogP contribution in [0.5, 0.6) is 0 Å². The second-order valence-corrected chi connectivity index (χ2v) is 7.69. The Hall–Kier alpha value is -0.480. The van der Waals surface area contributed by atoms with E-state index in [2.05, 4.69) is 51.8 Å². The number of hydrogen-bond donors (Lipinski definition) is 1. The van der Waals surface area contributed by atoms with E-state index in [1.54, 1.807) is 0 Å². The van der Waals surface area contributed by atoms with Crippen molar-refractivity contribution in [3.8, 4) is 11.8 Å². The minimum Gasteiger partial charge on any atom is -0.312 e. The highest BCUT2D eigenvalue weighted by molar-refractivity contribution is 5.00. The standard InChI is InChI=1S/C17H31N/c1-7-8-9-14-12-17(5,6)11-10-15(14)13-18-16(2,3)4/h14-15,18H,9-13H2,1-6H3. The average molecular weight is 249 g/mol. The highest BCUT2D eigenvalue weighted by Gasteiger charge is 2.34. The lowest BCUT2D eigenvalue weighted by atomic mass is 9.66. The third-order valence-electron chi connectivity index (χ3n) is 4.11. The molecule has 1 aliphatic carbocycles. The highest BCUT2D eigenvalue weighted by Crippen LogP contribution is 2.43. The van der Waals surface area contributed by atoms with E-state index in [4.69, 9.17) is 0 Å². The Morgan fingerprint density at radius 1 is 1.22 bits per heavy atom. The fraction of sp³-hybridized carbons (Fsp3) is 0.882. The quantitative estimate of drug-likeness (QED) is 0.738. The molecule has 1 heteroatoms. The first-order chi connectivity index (χ1) is 8.23. The van der Waals surface area contributed by atoms with E-state index in [0.717, 1.165) is 24.8 Å². The van der Waals surface area contributed by atoms with E-state index < -0.39 is 0 Å². The molecule has 1 aliphatic rings. The van der Waals surface area contributed by atoms with Crippen LogP contribution in [0.1, 0.15) is 67.2 Å². The van der Waals surface area contributed by atoms with Gasteiger partial charge in [-0.2, -0.15) is 0 Å². The zero-order valence-corrected chi connectivity index (χ0v) is 13.2. The molecule has 0 aliphatic heterocycles. The van der Waals surface area contributed by atoms with Gasteiger partial charge in [0.2, 0.25) is 0 Å². The van der Waals surface area contributed by atoms with Crippen LogP contribution in [0.2, 0.25) is 0 Å². The second kappa shape index (κ2) is 6.11. The maximum absolute atomic E-state index is 3.68. The summed E-state index contributed by atoms with van der Waals surface area (Å²) in [5.41, 5.74) is 0.742. The van der Waals surface area contributed by atoms with Crippen LogP contribution in [0, 0.1) is 29.1 Å². The topological polar surface area (TPSA) is 12.0 Å². The maximum atomic E-state index is 3.68. The van der Waals surface area contributed by atoms with E-state index in [1.165, 1.54) is 19.3 Å². The minimum absolute atomic E-state index is 0.230. The molecular weight excluding hydrogens is 218 g/mol. The first kappa shape index (κ1) is 15.6. The Labute approximate surface area is 114 Å². The van der Waals surface area contributed by atoms with Gasteiger partial charge >= 0.3 is 0 Å². The van der Waals surface area contributed by atoms with Gasteiger partial charge in [-0.05, 0) is 70.8 Å². The Morgan fingerprint density at radius 2 is 1.89 bits per heavy atom. The third-order valence-corrected chi connectivity index (χ3v) is 4.11. The molecule has 0 amide bonds. The fourth-order valence-electron chi connectivity index (χ4n) is 2.97. The van der Waals surface area contributed by atoms with E-state index in [1.807, 2.05) is 6.92 Å². The molecule has 0 aromatic carbocycles. The number of nitrogens with one attached hydrogen (secondary N) is 1. The summed E-state index contributed by atoms with van der Waals surface area (Å²) >= 11 is 0. The lowest BCUT2D eigenvalue weighted by Crippen LogP contribution is -2.43. The van der Waals surface area contributed by atoms with Crippen molar-refractivity contribution in [2.24, 2.45) is 17.3 Å². The van der Waals surface area contributed by atoms with Crippen molar-refractivity contribution in [2.75, 3.05) is 6.54 Å². The van der Waals surface area contributed by atoms with Crippen molar-refractivity contribution < 1.29 is 0 Å². The number of hydrogen-bond acceptors (Lipinski definition) is 1. The van der Waals surface area contributed by atoms with Gasteiger partial charge in [0.25, 0.3) is 0 Å². The van der Waals surface area contributed by atoms with Gasteiger partial charge in [0.1, 0.15) is 0 Å². The van der Waals surface area contributed by atoms with Gasteiger partial charge in [-0.3, -0.25) is 0 Å². The van der Waals surface area contributed by atoms with Gasteiger partial charge in [0.15, 0.2) is 0 Å². The van der Waals surface area contributed by atoms with Crippen LogP contribution in [-0.4, -0.2) is 12.1 Å². The van der Waals surface area contributed by atoms with Gasteiger partial charge in [-0.15, -0.1) is 11.8 Å². The monoisotopic (exact) mass is 249 g/mol. The molecule has 2 unspecified atom stereocenters. The molecule has 1 rings (SSSR count). The molecule has 1 saturated carbocycles. The van der Waals surface area contributed by atoms with Crippen LogP contribution in [0.15, 0.2) is 0 Å². The van der Waals surface area contributed by atoms with Gasteiger partial charge in [0.05, 0.1) is 0 Å². The Bertz CT molecular complexity index is 311. The molecule has 0 aromatic rings. The lowest BCUT2D eigenvalue weighted by Gasteiger charge is -2.41. The Balaban J connectivity index is 2.59. The summed E-state index contributed by atoms with van der Waals surface area (Å²) < 4.78 is 0. The Kier molecular flexibility index (Phi) is 5.29. The third kappa shape index (κ3) is 5.44. The molecule has 104 valence electrons. The maximum Gasteiger partial charge on any atom is 0.0120 e. The second-order valence-electron chi connectivity index (χ2n) is 7.69. The van der Waals surface area contributed by atoms with Crippen LogP contribution in [0.25, 0.3) is 0 Å². The summed E-state index contributed by atoms with van der Waals surface area (Å²) in [5.74, 6) is 7.95. The van der Waals surface area contributed by atoms with Crippen molar-refractivity contribution in [3.63, 3.8) is 0 Å². The summed E-state index contributed by atoms with van der Waals surface area (Å²) in [5, 5.41) is 3.68. The zero-order chi connectivity index (χ0) is 13.8. The van der Waals surface area contributed by atoms with Crippen molar-refractivity contribution >= 4 is 0 Å².